The maximum Gasteiger partial charge on any atom is 0.261 e. The number of likely N-dealkylation sites (tertiary alicyclic amines) is 1. The van der Waals surface area contributed by atoms with Gasteiger partial charge in [0.1, 0.15) is 11.6 Å². The van der Waals surface area contributed by atoms with Crippen LogP contribution in [0.5, 0.6) is 5.75 Å². The number of aromatic amines is 1. The SMILES string of the molecule is CCC(=O)N1CCc2c(nc(C3CCCCN3C(=O)COc3ccccc3)[nH]c2=O)C1. The third kappa shape index (κ3) is 4.62. The van der Waals surface area contributed by atoms with Gasteiger partial charge in [-0.3, -0.25) is 14.4 Å². The number of carbonyl (C=O) groups is 2. The van der Waals surface area contributed by atoms with E-state index in [1.165, 1.54) is 0 Å². The fourth-order valence-corrected chi connectivity index (χ4v) is 4.31. The third-order valence-corrected chi connectivity index (χ3v) is 5.99. The van der Waals surface area contributed by atoms with Crippen molar-refractivity contribution >= 4 is 11.8 Å². The standard InChI is InChI=1S/C23H28N4O4/c1-2-20(28)26-13-11-17-18(14-26)24-22(25-23(17)30)19-10-6-7-12-27(19)21(29)15-31-16-8-4-3-5-9-16/h3-5,8-9,19H,2,6-7,10-15H2,1H3,(H,24,25,30). The Morgan fingerprint density at radius 2 is 1.97 bits per heavy atom. The van der Waals surface area contributed by atoms with Gasteiger partial charge in [0, 0.05) is 25.1 Å². The van der Waals surface area contributed by atoms with E-state index in [1.807, 2.05) is 37.3 Å². The summed E-state index contributed by atoms with van der Waals surface area (Å²) in [5.74, 6) is 1.08. The summed E-state index contributed by atoms with van der Waals surface area (Å²) in [6, 6.07) is 8.94. The molecule has 8 heteroatoms. The molecule has 31 heavy (non-hydrogen) atoms. The molecular formula is C23H28N4O4. The summed E-state index contributed by atoms with van der Waals surface area (Å²) in [5.41, 5.74) is 1.12. The smallest absolute Gasteiger partial charge is 0.261 e. The molecule has 0 radical (unpaired) electrons. The molecule has 1 N–H and O–H groups in total. The number of aromatic nitrogens is 2. The molecule has 4 rings (SSSR count). The van der Waals surface area contributed by atoms with Crippen molar-refractivity contribution in [3.8, 4) is 5.75 Å². The number of ether oxygens (including phenoxy) is 1. The van der Waals surface area contributed by atoms with Gasteiger partial charge in [-0.25, -0.2) is 4.98 Å². The van der Waals surface area contributed by atoms with Crippen molar-refractivity contribution in [1.82, 2.24) is 19.8 Å². The predicted octanol–water partition coefficient (Wildman–Crippen LogP) is 2.20. The first-order valence-electron chi connectivity index (χ1n) is 10.9. The van der Waals surface area contributed by atoms with E-state index in [9.17, 15) is 14.4 Å². The second kappa shape index (κ2) is 9.32. The van der Waals surface area contributed by atoms with Gasteiger partial charge in [-0.05, 0) is 37.8 Å². The molecule has 3 heterocycles. The predicted molar refractivity (Wildman–Crippen MR) is 115 cm³/mol. The average molecular weight is 425 g/mol. The Labute approximate surface area is 181 Å². The van der Waals surface area contributed by atoms with Crippen LogP contribution in [0.1, 0.15) is 55.7 Å². The molecule has 1 fully saturated rings. The highest BCUT2D eigenvalue weighted by Crippen LogP contribution is 2.29. The van der Waals surface area contributed by atoms with E-state index in [0.717, 1.165) is 19.3 Å². The van der Waals surface area contributed by atoms with Gasteiger partial charge in [-0.2, -0.15) is 0 Å². The minimum atomic E-state index is -0.295. The van der Waals surface area contributed by atoms with Gasteiger partial charge >= 0.3 is 0 Å². The number of nitrogens with zero attached hydrogens (tertiary/aromatic N) is 3. The molecule has 1 aromatic carbocycles. The first kappa shape index (κ1) is 21.1. The second-order valence-electron chi connectivity index (χ2n) is 8.00. The largest absolute Gasteiger partial charge is 0.484 e. The summed E-state index contributed by atoms with van der Waals surface area (Å²) in [5, 5.41) is 0. The van der Waals surface area contributed by atoms with Crippen molar-refractivity contribution in [2.24, 2.45) is 0 Å². The number of hydrogen-bond acceptors (Lipinski definition) is 5. The maximum atomic E-state index is 12.9. The number of H-pyrrole nitrogens is 1. The van der Waals surface area contributed by atoms with Gasteiger partial charge in [-0.15, -0.1) is 0 Å². The fourth-order valence-electron chi connectivity index (χ4n) is 4.31. The van der Waals surface area contributed by atoms with E-state index in [2.05, 4.69) is 4.98 Å². The summed E-state index contributed by atoms with van der Waals surface area (Å²) in [7, 11) is 0. The van der Waals surface area contributed by atoms with Crippen LogP contribution in [0.15, 0.2) is 35.1 Å². The zero-order valence-corrected chi connectivity index (χ0v) is 17.8. The van der Waals surface area contributed by atoms with Crippen LogP contribution in [0, 0.1) is 0 Å². The van der Waals surface area contributed by atoms with Crippen LogP contribution in [0.25, 0.3) is 0 Å². The van der Waals surface area contributed by atoms with Crippen molar-refractivity contribution in [2.45, 2.75) is 51.6 Å². The van der Waals surface area contributed by atoms with Crippen molar-refractivity contribution in [3.63, 3.8) is 0 Å². The van der Waals surface area contributed by atoms with Crippen molar-refractivity contribution in [2.75, 3.05) is 19.7 Å². The van der Waals surface area contributed by atoms with E-state index in [-0.39, 0.29) is 30.0 Å². The molecule has 2 amide bonds. The molecular weight excluding hydrogens is 396 g/mol. The molecule has 0 saturated carbocycles. The normalized spacial score (nSPS) is 18.4. The van der Waals surface area contributed by atoms with Crippen molar-refractivity contribution < 1.29 is 14.3 Å². The average Bonchev–Trinajstić information content (AvgIpc) is 2.82. The number of benzene rings is 1. The van der Waals surface area contributed by atoms with Crippen LogP contribution in [0.3, 0.4) is 0 Å². The summed E-state index contributed by atoms with van der Waals surface area (Å²) >= 11 is 0. The second-order valence-corrected chi connectivity index (χ2v) is 8.00. The lowest BCUT2D eigenvalue weighted by Crippen LogP contribution is -2.43. The Morgan fingerprint density at radius 3 is 2.74 bits per heavy atom. The highest BCUT2D eigenvalue weighted by Gasteiger charge is 2.32. The number of para-hydroxylation sites is 1. The van der Waals surface area contributed by atoms with Crippen LogP contribution >= 0.6 is 0 Å². The maximum absolute atomic E-state index is 12.9. The lowest BCUT2D eigenvalue weighted by molar-refractivity contribution is -0.137. The third-order valence-electron chi connectivity index (χ3n) is 5.99. The number of hydrogen-bond donors (Lipinski definition) is 1. The summed E-state index contributed by atoms with van der Waals surface area (Å²) in [6.45, 7) is 3.25. The molecule has 2 aliphatic heterocycles. The Balaban J connectivity index is 1.54. The minimum absolute atomic E-state index is 0.0572. The zero-order chi connectivity index (χ0) is 21.8. The molecule has 2 aromatic rings. The molecule has 1 atom stereocenters. The summed E-state index contributed by atoms with van der Waals surface area (Å²) in [4.78, 5) is 48.9. The summed E-state index contributed by atoms with van der Waals surface area (Å²) in [6.07, 6.45) is 3.52. The Bertz CT molecular complexity index is 1000. The van der Waals surface area contributed by atoms with E-state index in [1.54, 1.807) is 9.80 Å². The van der Waals surface area contributed by atoms with Crippen LogP contribution < -0.4 is 10.3 Å². The van der Waals surface area contributed by atoms with Crippen molar-refractivity contribution in [3.05, 3.63) is 57.8 Å². The van der Waals surface area contributed by atoms with E-state index in [4.69, 9.17) is 9.72 Å². The topological polar surface area (TPSA) is 95.6 Å². The molecule has 0 bridgehead atoms. The number of piperidine rings is 1. The molecule has 0 spiro atoms. The quantitative estimate of drug-likeness (QED) is 0.794. The number of nitrogens with one attached hydrogen (secondary N) is 1. The number of amides is 2. The lowest BCUT2D eigenvalue weighted by atomic mass is 10.00. The molecule has 2 aliphatic rings. The van der Waals surface area contributed by atoms with Gasteiger partial charge < -0.3 is 19.5 Å². The van der Waals surface area contributed by atoms with Crippen LogP contribution in [-0.2, 0) is 22.6 Å². The van der Waals surface area contributed by atoms with Gasteiger partial charge in [0.2, 0.25) is 5.91 Å². The molecule has 1 saturated heterocycles. The molecule has 1 unspecified atom stereocenters. The van der Waals surface area contributed by atoms with E-state index in [0.29, 0.717) is 55.3 Å². The van der Waals surface area contributed by atoms with Gasteiger partial charge in [-0.1, -0.05) is 25.1 Å². The van der Waals surface area contributed by atoms with Crippen LogP contribution in [0.2, 0.25) is 0 Å². The van der Waals surface area contributed by atoms with E-state index >= 15 is 0 Å². The first-order valence-corrected chi connectivity index (χ1v) is 10.9. The lowest BCUT2D eigenvalue weighted by Gasteiger charge is -2.35. The molecule has 164 valence electrons. The molecule has 1 aromatic heterocycles. The number of carbonyl (C=O) groups excluding carboxylic acids is 2. The van der Waals surface area contributed by atoms with Gasteiger partial charge in [0.15, 0.2) is 6.61 Å². The molecule has 8 nitrogen and oxygen atoms in total. The van der Waals surface area contributed by atoms with Gasteiger partial charge in [0.25, 0.3) is 11.5 Å². The highest BCUT2D eigenvalue weighted by atomic mass is 16.5. The Hall–Kier alpha value is -3.16. The number of fused-ring (bicyclic) bond motifs is 1. The van der Waals surface area contributed by atoms with Crippen molar-refractivity contribution in [1.29, 1.82) is 0 Å². The fraction of sp³-hybridized carbons (Fsp3) is 0.478. The first-order chi connectivity index (χ1) is 15.1. The van der Waals surface area contributed by atoms with Crippen LogP contribution in [0.4, 0.5) is 0 Å². The highest BCUT2D eigenvalue weighted by molar-refractivity contribution is 5.78. The van der Waals surface area contributed by atoms with Crippen LogP contribution in [-0.4, -0.2) is 51.3 Å². The zero-order valence-electron chi connectivity index (χ0n) is 17.8. The molecule has 0 aliphatic carbocycles. The minimum Gasteiger partial charge on any atom is -0.484 e. The summed E-state index contributed by atoms with van der Waals surface area (Å²) < 4.78 is 5.64. The Kier molecular flexibility index (Phi) is 6.34. The van der Waals surface area contributed by atoms with Gasteiger partial charge in [0.05, 0.1) is 18.3 Å². The Morgan fingerprint density at radius 1 is 1.16 bits per heavy atom. The monoisotopic (exact) mass is 424 g/mol. The number of rotatable bonds is 5. The van der Waals surface area contributed by atoms with E-state index < -0.39 is 0 Å².